The zero-order valence-electron chi connectivity index (χ0n) is 17.1. The van der Waals surface area contributed by atoms with Crippen molar-refractivity contribution >= 4 is 15.9 Å². The molecule has 0 bridgehead atoms. The summed E-state index contributed by atoms with van der Waals surface area (Å²) in [6.07, 6.45) is 1.45. The highest BCUT2D eigenvalue weighted by atomic mass is 32.2. The number of carbonyl (C=O) groups is 1. The van der Waals surface area contributed by atoms with Crippen LogP contribution in [0.3, 0.4) is 0 Å². The van der Waals surface area contributed by atoms with Crippen LogP contribution in [-0.4, -0.2) is 25.1 Å². The first-order valence-corrected chi connectivity index (χ1v) is 10.9. The molecule has 0 aromatic heterocycles. The van der Waals surface area contributed by atoms with E-state index in [0.717, 1.165) is 12.2 Å². The average molecular weight is 405 g/mol. The van der Waals surface area contributed by atoms with Gasteiger partial charge in [-0.2, -0.15) is 8.42 Å². The van der Waals surface area contributed by atoms with Crippen LogP contribution in [0.4, 0.5) is 0 Å². The Morgan fingerprint density at radius 3 is 1.82 bits per heavy atom. The van der Waals surface area contributed by atoms with E-state index in [1.165, 1.54) is 12.1 Å². The van der Waals surface area contributed by atoms with Gasteiger partial charge in [0.25, 0.3) is 0 Å². The number of ketones is 1. The van der Waals surface area contributed by atoms with Crippen LogP contribution in [-0.2, 0) is 10.1 Å². The van der Waals surface area contributed by atoms with E-state index in [1.807, 2.05) is 13.8 Å². The highest BCUT2D eigenvalue weighted by Crippen LogP contribution is 2.25. The SMILES string of the molecule is CCC(C)Oc1ccc(C(=O)c2ccc(OS(=O)(=O)C(C)(C)CC)cc2)cc1. The third-order valence-electron chi connectivity index (χ3n) is 4.88. The topological polar surface area (TPSA) is 69.7 Å². The van der Waals surface area contributed by atoms with Crippen LogP contribution in [0.15, 0.2) is 48.5 Å². The molecule has 2 rings (SSSR count). The summed E-state index contributed by atoms with van der Waals surface area (Å²) >= 11 is 0. The predicted molar refractivity (Wildman–Crippen MR) is 111 cm³/mol. The van der Waals surface area contributed by atoms with Crippen molar-refractivity contribution in [2.24, 2.45) is 0 Å². The van der Waals surface area contributed by atoms with Crippen molar-refractivity contribution in [2.75, 3.05) is 0 Å². The van der Waals surface area contributed by atoms with Gasteiger partial charge in [-0.15, -0.1) is 0 Å². The first-order valence-electron chi connectivity index (χ1n) is 9.45. The lowest BCUT2D eigenvalue weighted by Crippen LogP contribution is -2.34. The number of rotatable bonds is 9. The van der Waals surface area contributed by atoms with E-state index in [1.54, 1.807) is 57.2 Å². The second-order valence-corrected chi connectivity index (χ2v) is 9.55. The molecule has 0 saturated heterocycles. The van der Waals surface area contributed by atoms with E-state index < -0.39 is 14.9 Å². The predicted octanol–water partition coefficient (Wildman–Crippen LogP) is 4.99. The van der Waals surface area contributed by atoms with Gasteiger partial charge in [-0.25, -0.2) is 0 Å². The van der Waals surface area contributed by atoms with Gasteiger partial charge in [0.05, 0.1) is 6.10 Å². The zero-order chi connectivity index (χ0) is 20.9. The summed E-state index contributed by atoms with van der Waals surface area (Å²) in [5.74, 6) is 0.757. The quantitative estimate of drug-likeness (QED) is 0.435. The molecule has 0 aliphatic carbocycles. The van der Waals surface area contributed by atoms with Gasteiger partial charge < -0.3 is 8.92 Å². The monoisotopic (exact) mass is 404 g/mol. The number of ether oxygens (including phenoxy) is 1. The summed E-state index contributed by atoms with van der Waals surface area (Å²) in [5.41, 5.74) is 0.986. The van der Waals surface area contributed by atoms with Gasteiger partial charge in [0.15, 0.2) is 5.78 Å². The third-order valence-corrected chi connectivity index (χ3v) is 6.93. The van der Waals surface area contributed by atoms with E-state index in [9.17, 15) is 13.2 Å². The maximum atomic E-state index is 12.6. The minimum Gasteiger partial charge on any atom is -0.491 e. The maximum absolute atomic E-state index is 12.6. The van der Waals surface area contributed by atoms with Gasteiger partial charge in [0, 0.05) is 11.1 Å². The molecule has 2 aromatic carbocycles. The molecule has 0 fully saturated rings. The van der Waals surface area contributed by atoms with Crippen molar-refractivity contribution in [3.05, 3.63) is 59.7 Å². The lowest BCUT2D eigenvalue weighted by molar-refractivity contribution is 0.103. The lowest BCUT2D eigenvalue weighted by atomic mass is 10.0. The number of hydrogen-bond donors (Lipinski definition) is 0. The van der Waals surface area contributed by atoms with Crippen molar-refractivity contribution < 1.29 is 22.1 Å². The van der Waals surface area contributed by atoms with Gasteiger partial charge in [-0.05, 0) is 82.1 Å². The molecule has 28 heavy (non-hydrogen) atoms. The molecule has 0 N–H and O–H groups in total. The number of carbonyl (C=O) groups excluding carboxylic acids is 1. The Labute approximate surface area is 167 Å². The highest BCUT2D eigenvalue weighted by molar-refractivity contribution is 7.88. The van der Waals surface area contributed by atoms with Gasteiger partial charge >= 0.3 is 10.1 Å². The van der Waals surface area contributed by atoms with E-state index in [4.69, 9.17) is 8.92 Å². The van der Waals surface area contributed by atoms with Crippen molar-refractivity contribution in [1.82, 2.24) is 0 Å². The van der Waals surface area contributed by atoms with Crippen LogP contribution < -0.4 is 8.92 Å². The molecule has 0 heterocycles. The van der Waals surface area contributed by atoms with Crippen LogP contribution in [0.1, 0.15) is 63.4 Å². The van der Waals surface area contributed by atoms with Gasteiger partial charge in [-0.3, -0.25) is 4.79 Å². The molecule has 152 valence electrons. The molecular formula is C22H28O5S. The molecule has 0 aliphatic heterocycles. The average Bonchev–Trinajstić information content (AvgIpc) is 2.68. The molecular weight excluding hydrogens is 376 g/mol. The summed E-state index contributed by atoms with van der Waals surface area (Å²) in [7, 11) is -3.76. The summed E-state index contributed by atoms with van der Waals surface area (Å²) in [6.45, 7) is 9.07. The fraction of sp³-hybridized carbons (Fsp3) is 0.409. The fourth-order valence-corrected chi connectivity index (χ4v) is 3.19. The standard InChI is InChI=1S/C22H28O5S/c1-6-16(3)26-19-12-8-17(9-13-19)21(23)18-10-14-20(15-11-18)27-28(24,25)22(4,5)7-2/h8-16H,6-7H2,1-5H3. The molecule has 0 saturated carbocycles. The summed E-state index contributed by atoms with van der Waals surface area (Å²) < 4.78 is 34.6. The van der Waals surface area contributed by atoms with Crippen LogP contribution in [0.5, 0.6) is 11.5 Å². The number of hydrogen-bond acceptors (Lipinski definition) is 5. The van der Waals surface area contributed by atoms with Crippen LogP contribution in [0, 0.1) is 0 Å². The van der Waals surface area contributed by atoms with Crippen molar-refractivity contribution in [2.45, 2.75) is 58.3 Å². The Hall–Kier alpha value is -2.34. The minimum atomic E-state index is -3.76. The Kier molecular flexibility index (Phi) is 6.88. The maximum Gasteiger partial charge on any atom is 0.314 e. The van der Waals surface area contributed by atoms with Crippen molar-refractivity contribution in [3.8, 4) is 11.5 Å². The molecule has 1 atom stereocenters. The fourth-order valence-electron chi connectivity index (χ4n) is 2.25. The van der Waals surface area contributed by atoms with Gasteiger partial charge in [0.1, 0.15) is 16.2 Å². The molecule has 0 amide bonds. The Bertz CT molecular complexity index is 897. The van der Waals surface area contributed by atoms with Crippen molar-refractivity contribution in [1.29, 1.82) is 0 Å². The largest absolute Gasteiger partial charge is 0.491 e. The Balaban J connectivity index is 2.12. The summed E-state index contributed by atoms with van der Waals surface area (Å²) in [4.78, 5) is 12.6. The Morgan fingerprint density at radius 2 is 1.39 bits per heavy atom. The second-order valence-electron chi connectivity index (χ2n) is 7.37. The molecule has 6 heteroatoms. The van der Waals surface area contributed by atoms with Gasteiger partial charge in [-0.1, -0.05) is 13.8 Å². The molecule has 1 unspecified atom stereocenters. The van der Waals surface area contributed by atoms with E-state index in [0.29, 0.717) is 17.5 Å². The zero-order valence-corrected chi connectivity index (χ0v) is 17.9. The first kappa shape index (κ1) is 22.0. The van der Waals surface area contributed by atoms with E-state index in [-0.39, 0.29) is 17.6 Å². The minimum absolute atomic E-state index is 0.114. The summed E-state index contributed by atoms with van der Waals surface area (Å²) in [5, 5.41) is 0. The molecule has 2 aromatic rings. The molecule has 0 radical (unpaired) electrons. The van der Waals surface area contributed by atoms with Crippen LogP contribution in [0.25, 0.3) is 0 Å². The van der Waals surface area contributed by atoms with Crippen LogP contribution >= 0.6 is 0 Å². The molecule has 5 nitrogen and oxygen atoms in total. The highest BCUT2D eigenvalue weighted by Gasteiger charge is 2.34. The van der Waals surface area contributed by atoms with E-state index >= 15 is 0 Å². The third kappa shape index (κ3) is 5.13. The van der Waals surface area contributed by atoms with Crippen LogP contribution in [0.2, 0.25) is 0 Å². The summed E-state index contributed by atoms with van der Waals surface area (Å²) in [6, 6.07) is 13.1. The lowest BCUT2D eigenvalue weighted by Gasteiger charge is -2.22. The second kappa shape index (κ2) is 8.78. The molecule has 0 spiro atoms. The smallest absolute Gasteiger partial charge is 0.314 e. The van der Waals surface area contributed by atoms with Gasteiger partial charge in [0.2, 0.25) is 0 Å². The molecule has 0 aliphatic rings. The first-order chi connectivity index (χ1) is 13.1. The van der Waals surface area contributed by atoms with E-state index in [2.05, 4.69) is 0 Å². The normalized spacial score (nSPS) is 13.0. The number of benzene rings is 2. The van der Waals surface area contributed by atoms with Crippen molar-refractivity contribution in [3.63, 3.8) is 0 Å². The Morgan fingerprint density at radius 1 is 0.929 bits per heavy atom.